The molecule has 27 heavy (non-hydrogen) atoms. The molecule has 0 aliphatic carbocycles. The number of nitrogens with zero attached hydrogens (tertiary/aromatic N) is 4. The van der Waals surface area contributed by atoms with Gasteiger partial charge in [-0.05, 0) is 43.0 Å². The second kappa shape index (κ2) is 6.94. The molecule has 3 heterocycles. The number of rotatable bonds is 4. The normalized spacial score (nSPS) is 16.0. The number of piperidine rings is 1. The lowest BCUT2D eigenvalue weighted by molar-refractivity contribution is 0.346. The van der Waals surface area contributed by atoms with E-state index in [0.717, 1.165) is 30.4 Å². The molecule has 0 radical (unpaired) electrons. The molecule has 142 valence electrons. The van der Waals surface area contributed by atoms with E-state index < -0.39 is 10.0 Å². The van der Waals surface area contributed by atoms with E-state index in [1.807, 2.05) is 31.2 Å². The SMILES string of the molecule is Cc1ccccc1Cn1nc2ccc(S(=O)(=O)N3CCCCC3)cn2c1=O. The summed E-state index contributed by atoms with van der Waals surface area (Å²) < 4.78 is 29.9. The van der Waals surface area contributed by atoms with Crippen molar-refractivity contribution in [2.45, 2.75) is 37.6 Å². The molecule has 8 heteroatoms. The van der Waals surface area contributed by atoms with E-state index in [4.69, 9.17) is 0 Å². The number of pyridine rings is 1. The zero-order valence-electron chi connectivity index (χ0n) is 15.2. The maximum absolute atomic E-state index is 12.9. The first-order chi connectivity index (χ1) is 13.0. The Kier molecular flexibility index (Phi) is 4.61. The van der Waals surface area contributed by atoms with Crippen LogP contribution >= 0.6 is 0 Å². The minimum absolute atomic E-state index is 0.134. The van der Waals surface area contributed by atoms with Gasteiger partial charge in [0, 0.05) is 19.3 Å². The van der Waals surface area contributed by atoms with Crippen LogP contribution in [0, 0.1) is 6.92 Å². The predicted molar refractivity (Wildman–Crippen MR) is 102 cm³/mol. The lowest BCUT2D eigenvalue weighted by Crippen LogP contribution is -2.35. The van der Waals surface area contributed by atoms with Crippen LogP contribution in [0.1, 0.15) is 30.4 Å². The summed E-state index contributed by atoms with van der Waals surface area (Å²) in [6, 6.07) is 10.9. The fourth-order valence-electron chi connectivity index (χ4n) is 3.46. The van der Waals surface area contributed by atoms with Gasteiger partial charge in [0.1, 0.15) is 0 Å². The van der Waals surface area contributed by atoms with Gasteiger partial charge in [0.2, 0.25) is 10.0 Å². The molecule has 0 saturated carbocycles. The standard InChI is InChI=1S/C19H22N4O3S/c1-15-7-3-4-8-16(15)13-23-19(24)22-14-17(9-10-18(22)20-23)27(25,26)21-11-5-2-6-12-21/h3-4,7-10,14H,2,5-6,11-13H2,1H3. The molecule has 0 amide bonds. The summed E-state index contributed by atoms with van der Waals surface area (Å²) in [6.45, 7) is 3.39. The summed E-state index contributed by atoms with van der Waals surface area (Å²) in [4.78, 5) is 12.9. The van der Waals surface area contributed by atoms with Crippen LogP contribution in [0.5, 0.6) is 0 Å². The lowest BCUT2D eigenvalue weighted by atomic mass is 10.1. The highest BCUT2D eigenvalue weighted by atomic mass is 32.2. The average Bonchev–Trinajstić information content (AvgIpc) is 2.99. The van der Waals surface area contributed by atoms with E-state index in [2.05, 4.69) is 5.10 Å². The van der Waals surface area contributed by atoms with Crippen molar-refractivity contribution in [2.24, 2.45) is 0 Å². The quantitative estimate of drug-likeness (QED) is 0.687. The monoisotopic (exact) mass is 386 g/mol. The molecule has 7 nitrogen and oxygen atoms in total. The van der Waals surface area contributed by atoms with Crippen molar-refractivity contribution < 1.29 is 8.42 Å². The second-order valence-electron chi connectivity index (χ2n) is 6.92. The zero-order valence-corrected chi connectivity index (χ0v) is 16.0. The minimum atomic E-state index is -3.59. The van der Waals surface area contributed by atoms with E-state index in [0.29, 0.717) is 25.3 Å². The van der Waals surface area contributed by atoms with Gasteiger partial charge in [-0.2, -0.15) is 4.31 Å². The molecule has 0 N–H and O–H groups in total. The molecule has 1 aromatic carbocycles. The van der Waals surface area contributed by atoms with Crippen LogP contribution in [-0.2, 0) is 16.6 Å². The van der Waals surface area contributed by atoms with Crippen molar-refractivity contribution >= 4 is 15.7 Å². The van der Waals surface area contributed by atoms with Gasteiger partial charge in [-0.25, -0.2) is 22.3 Å². The summed E-state index contributed by atoms with van der Waals surface area (Å²) in [5.74, 6) is 0. The maximum Gasteiger partial charge on any atom is 0.350 e. The number of aryl methyl sites for hydroxylation is 1. The van der Waals surface area contributed by atoms with Crippen LogP contribution in [0.4, 0.5) is 0 Å². The van der Waals surface area contributed by atoms with Gasteiger partial charge in [-0.3, -0.25) is 0 Å². The van der Waals surface area contributed by atoms with Gasteiger partial charge in [-0.1, -0.05) is 30.7 Å². The zero-order chi connectivity index (χ0) is 19.0. The third-order valence-electron chi connectivity index (χ3n) is 5.08. The number of hydrogen-bond donors (Lipinski definition) is 0. The van der Waals surface area contributed by atoms with Gasteiger partial charge in [0.05, 0.1) is 11.4 Å². The molecular weight excluding hydrogens is 364 g/mol. The highest BCUT2D eigenvalue weighted by Crippen LogP contribution is 2.20. The van der Waals surface area contributed by atoms with E-state index >= 15 is 0 Å². The van der Waals surface area contributed by atoms with Crippen molar-refractivity contribution in [1.29, 1.82) is 0 Å². The minimum Gasteiger partial charge on any atom is -0.249 e. The molecule has 1 aliphatic rings. The summed E-state index contributed by atoms with van der Waals surface area (Å²) in [7, 11) is -3.59. The molecule has 0 bridgehead atoms. The largest absolute Gasteiger partial charge is 0.350 e. The molecule has 0 atom stereocenters. The van der Waals surface area contributed by atoms with Crippen molar-refractivity contribution in [3.8, 4) is 0 Å². The molecule has 3 aromatic rings. The highest BCUT2D eigenvalue weighted by molar-refractivity contribution is 7.89. The lowest BCUT2D eigenvalue weighted by Gasteiger charge is -2.25. The number of aromatic nitrogens is 3. The third kappa shape index (κ3) is 3.30. The van der Waals surface area contributed by atoms with Gasteiger partial charge < -0.3 is 0 Å². The van der Waals surface area contributed by atoms with E-state index in [9.17, 15) is 13.2 Å². The van der Waals surface area contributed by atoms with Crippen molar-refractivity contribution in [3.05, 3.63) is 64.2 Å². The van der Waals surface area contributed by atoms with Crippen molar-refractivity contribution in [3.63, 3.8) is 0 Å². The topological polar surface area (TPSA) is 76.7 Å². The van der Waals surface area contributed by atoms with Gasteiger partial charge >= 0.3 is 5.69 Å². The number of sulfonamides is 1. The molecule has 2 aromatic heterocycles. The Morgan fingerprint density at radius 1 is 1.04 bits per heavy atom. The molecule has 1 saturated heterocycles. The Balaban J connectivity index is 1.72. The van der Waals surface area contributed by atoms with Gasteiger partial charge in [-0.15, -0.1) is 5.10 Å². The first-order valence-corrected chi connectivity index (χ1v) is 10.5. The van der Waals surface area contributed by atoms with Crippen LogP contribution in [0.25, 0.3) is 5.65 Å². The summed E-state index contributed by atoms with van der Waals surface area (Å²) >= 11 is 0. The number of fused-ring (bicyclic) bond motifs is 1. The predicted octanol–water partition coefficient (Wildman–Crippen LogP) is 2.03. The Labute approximate surface area is 157 Å². The van der Waals surface area contributed by atoms with Crippen LogP contribution < -0.4 is 5.69 Å². The van der Waals surface area contributed by atoms with Gasteiger partial charge in [0.25, 0.3) is 0 Å². The Morgan fingerprint density at radius 3 is 2.52 bits per heavy atom. The van der Waals surface area contributed by atoms with Crippen molar-refractivity contribution in [1.82, 2.24) is 18.5 Å². The summed E-state index contributed by atoms with van der Waals surface area (Å²) in [5.41, 5.74) is 2.18. The average molecular weight is 386 g/mol. The summed E-state index contributed by atoms with van der Waals surface area (Å²) in [6.07, 6.45) is 4.19. The van der Waals surface area contributed by atoms with Crippen LogP contribution in [-0.4, -0.2) is 40.0 Å². The Hall–Kier alpha value is -2.45. The van der Waals surface area contributed by atoms with E-state index in [-0.39, 0.29) is 10.6 Å². The van der Waals surface area contributed by atoms with Crippen LogP contribution in [0.15, 0.2) is 52.3 Å². The number of hydrogen-bond acceptors (Lipinski definition) is 4. The smallest absolute Gasteiger partial charge is 0.249 e. The maximum atomic E-state index is 12.9. The van der Waals surface area contributed by atoms with Crippen LogP contribution in [0.3, 0.4) is 0 Å². The first kappa shape index (κ1) is 17.9. The molecule has 1 fully saturated rings. The first-order valence-electron chi connectivity index (χ1n) is 9.11. The molecule has 1 aliphatic heterocycles. The second-order valence-corrected chi connectivity index (χ2v) is 8.86. The molecular formula is C19H22N4O3S. The van der Waals surface area contributed by atoms with E-state index in [1.165, 1.54) is 25.7 Å². The Bertz CT molecular complexity index is 1140. The molecule has 0 spiro atoms. The summed E-state index contributed by atoms with van der Waals surface area (Å²) in [5, 5.41) is 4.34. The Morgan fingerprint density at radius 2 is 1.78 bits per heavy atom. The molecule has 0 unspecified atom stereocenters. The third-order valence-corrected chi connectivity index (χ3v) is 6.97. The number of benzene rings is 1. The van der Waals surface area contributed by atoms with Crippen molar-refractivity contribution in [2.75, 3.05) is 13.1 Å². The van der Waals surface area contributed by atoms with Crippen LogP contribution in [0.2, 0.25) is 0 Å². The van der Waals surface area contributed by atoms with Gasteiger partial charge in [0.15, 0.2) is 5.65 Å². The molecule has 4 rings (SSSR count). The van der Waals surface area contributed by atoms with E-state index in [1.54, 1.807) is 6.07 Å². The fraction of sp³-hybridized carbons (Fsp3) is 0.368. The fourth-order valence-corrected chi connectivity index (χ4v) is 4.97. The highest BCUT2D eigenvalue weighted by Gasteiger charge is 2.26.